The van der Waals surface area contributed by atoms with Crippen molar-refractivity contribution in [3.05, 3.63) is 48.0 Å². The zero-order valence-electron chi connectivity index (χ0n) is 21.4. The maximum atomic E-state index is 13.6. The van der Waals surface area contributed by atoms with E-state index in [-0.39, 0.29) is 23.2 Å². The van der Waals surface area contributed by atoms with E-state index in [9.17, 15) is 13.2 Å². The van der Waals surface area contributed by atoms with Crippen molar-refractivity contribution in [1.82, 2.24) is 14.2 Å². The number of fused-ring (bicyclic) bond motifs is 1. The van der Waals surface area contributed by atoms with E-state index in [1.807, 2.05) is 39.2 Å². The van der Waals surface area contributed by atoms with Crippen LogP contribution in [0.15, 0.2) is 47.4 Å². The fraction of sp³-hybridized carbons (Fsp3) is 0.440. The maximum Gasteiger partial charge on any atom is 0.260 e. The first-order valence-electron chi connectivity index (χ1n) is 11.7. The highest BCUT2D eigenvalue weighted by molar-refractivity contribution is 7.89. The number of carbonyl (C=O) groups excluding carboxylic acids is 1. The second-order valence-electron chi connectivity index (χ2n) is 8.62. The third-order valence-corrected chi connectivity index (χ3v) is 8.60. The number of benzene rings is 2. The first-order valence-corrected chi connectivity index (χ1v) is 13.9. The molecule has 36 heavy (non-hydrogen) atoms. The van der Waals surface area contributed by atoms with Crippen LogP contribution in [-0.4, -0.2) is 76.4 Å². The zero-order valence-corrected chi connectivity index (χ0v) is 23.9. The fourth-order valence-corrected chi connectivity index (χ4v) is 5.84. The summed E-state index contributed by atoms with van der Waals surface area (Å²) in [7, 11) is 3.57. The van der Waals surface area contributed by atoms with Gasteiger partial charge in [-0.25, -0.2) is 17.7 Å². The number of rotatable bonds is 12. The molecule has 0 unspecified atom stereocenters. The molecule has 0 saturated carbocycles. The molecule has 0 fully saturated rings. The fourth-order valence-electron chi connectivity index (χ4n) is 3.63. The molecular formula is C25H35ClN4O4S2. The van der Waals surface area contributed by atoms with E-state index in [0.29, 0.717) is 29.5 Å². The molecular weight excluding hydrogens is 520 g/mol. The van der Waals surface area contributed by atoms with Gasteiger partial charge in [0.05, 0.1) is 16.7 Å². The lowest BCUT2D eigenvalue weighted by Crippen LogP contribution is -2.33. The van der Waals surface area contributed by atoms with E-state index in [4.69, 9.17) is 9.72 Å². The number of para-hydroxylation sites is 1. The zero-order chi connectivity index (χ0) is 25.6. The SMILES string of the molecule is CCCCN(C)S(=O)(=O)c1ccc(C(=O)N(CCCN(C)C)c2nc3c(OC)cccc3s2)cc1.Cl. The van der Waals surface area contributed by atoms with Crippen molar-refractivity contribution in [3.63, 3.8) is 0 Å². The normalized spacial score (nSPS) is 11.6. The molecule has 1 heterocycles. The number of hydrogen-bond acceptors (Lipinski definition) is 7. The van der Waals surface area contributed by atoms with Gasteiger partial charge in [0, 0.05) is 25.7 Å². The highest BCUT2D eigenvalue weighted by Gasteiger charge is 2.24. The molecule has 1 amide bonds. The molecule has 0 atom stereocenters. The summed E-state index contributed by atoms with van der Waals surface area (Å²) in [5, 5.41) is 0.587. The van der Waals surface area contributed by atoms with Gasteiger partial charge in [-0.2, -0.15) is 0 Å². The van der Waals surface area contributed by atoms with Crippen molar-refractivity contribution in [3.8, 4) is 5.75 Å². The number of halogens is 1. The number of anilines is 1. The van der Waals surface area contributed by atoms with Crippen LogP contribution in [0.5, 0.6) is 5.75 Å². The molecule has 198 valence electrons. The average Bonchev–Trinajstić information content (AvgIpc) is 3.28. The lowest BCUT2D eigenvalue weighted by molar-refractivity contribution is 0.0986. The standard InChI is InChI=1S/C25H34N4O4S2.ClH/c1-6-7-17-28(4)35(31,32)20-14-12-19(13-15-20)24(30)29(18-9-16-27(2)3)25-26-23-21(33-5)10-8-11-22(23)34-25;/h8,10-15H,6-7,9,16-18H2,1-5H3;1H. The van der Waals surface area contributed by atoms with Gasteiger partial charge in [-0.3, -0.25) is 9.69 Å². The van der Waals surface area contributed by atoms with Crippen LogP contribution in [0.2, 0.25) is 0 Å². The number of methoxy groups -OCH3 is 1. The lowest BCUT2D eigenvalue weighted by Gasteiger charge is -2.21. The molecule has 0 aliphatic heterocycles. The van der Waals surface area contributed by atoms with E-state index >= 15 is 0 Å². The van der Waals surface area contributed by atoms with Crippen LogP contribution in [0.4, 0.5) is 5.13 Å². The molecule has 1 aromatic heterocycles. The van der Waals surface area contributed by atoms with Crippen molar-refractivity contribution < 1.29 is 17.9 Å². The quantitative estimate of drug-likeness (QED) is 0.321. The summed E-state index contributed by atoms with van der Waals surface area (Å²) < 4.78 is 33.4. The number of amides is 1. The van der Waals surface area contributed by atoms with Crippen LogP contribution >= 0.6 is 23.7 Å². The van der Waals surface area contributed by atoms with E-state index in [1.54, 1.807) is 31.2 Å². The molecule has 2 aromatic carbocycles. The molecule has 0 aliphatic carbocycles. The monoisotopic (exact) mass is 554 g/mol. The predicted octanol–water partition coefficient (Wildman–Crippen LogP) is 4.75. The number of ether oxygens (including phenoxy) is 1. The highest BCUT2D eigenvalue weighted by Crippen LogP contribution is 2.34. The van der Waals surface area contributed by atoms with Crippen molar-refractivity contribution in [1.29, 1.82) is 0 Å². The summed E-state index contributed by atoms with van der Waals surface area (Å²) >= 11 is 1.43. The molecule has 0 saturated heterocycles. The molecule has 0 bridgehead atoms. The minimum atomic E-state index is -3.60. The number of hydrogen-bond donors (Lipinski definition) is 0. The minimum absolute atomic E-state index is 0. The first-order chi connectivity index (χ1) is 16.7. The highest BCUT2D eigenvalue weighted by atomic mass is 35.5. The number of sulfonamides is 1. The maximum absolute atomic E-state index is 13.6. The van der Waals surface area contributed by atoms with Gasteiger partial charge in [-0.05, 0) is 69.9 Å². The Labute approximate surface area is 224 Å². The van der Waals surface area contributed by atoms with Gasteiger partial charge in [-0.15, -0.1) is 12.4 Å². The topological polar surface area (TPSA) is 83.1 Å². The number of thiazole rings is 1. The van der Waals surface area contributed by atoms with E-state index in [1.165, 1.54) is 27.8 Å². The number of carbonyl (C=O) groups is 1. The second kappa shape index (κ2) is 13.3. The first kappa shape index (κ1) is 30.0. The Hall–Kier alpha value is -2.24. The molecule has 8 nitrogen and oxygen atoms in total. The van der Waals surface area contributed by atoms with Crippen LogP contribution in [0.25, 0.3) is 10.2 Å². The van der Waals surface area contributed by atoms with Gasteiger partial charge in [0.25, 0.3) is 5.91 Å². The van der Waals surface area contributed by atoms with Crippen LogP contribution in [0.3, 0.4) is 0 Å². The summed E-state index contributed by atoms with van der Waals surface area (Å²) in [6.07, 6.45) is 2.47. The Balaban J connectivity index is 0.00000456. The van der Waals surface area contributed by atoms with Gasteiger partial charge < -0.3 is 9.64 Å². The Bertz CT molecular complexity index is 1250. The third kappa shape index (κ3) is 6.95. The number of aromatic nitrogens is 1. The Morgan fingerprint density at radius 3 is 2.31 bits per heavy atom. The van der Waals surface area contributed by atoms with Crippen LogP contribution < -0.4 is 9.64 Å². The summed E-state index contributed by atoms with van der Waals surface area (Å²) in [6, 6.07) is 11.9. The number of unbranched alkanes of at least 4 members (excludes halogenated alkanes) is 1. The van der Waals surface area contributed by atoms with Gasteiger partial charge in [0.2, 0.25) is 10.0 Å². The van der Waals surface area contributed by atoms with Crippen molar-refractivity contribution in [2.24, 2.45) is 0 Å². The van der Waals surface area contributed by atoms with Crippen molar-refractivity contribution in [2.45, 2.75) is 31.1 Å². The Morgan fingerprint density at radius 1 is 1.00 bits per heavy atom. The molecule has 3 rings (SSSR count). The second-order valence-corrected chi connectivity index (χ2v) is 11.7. The van der Waals surface area contributed by atoms with Gasteiger partial charge >= 0.3 is 0 Å². The molecule has 0 radical (unpaired) electrons. The largest absolute Gasteiger partial charge is 0.494 e. The minimum Gasteiger partial charge on any atom is -0.494 e. The lowest BCUT2D eigenvalue weighted by atomic mass is 10.2. The summed E-state index contributed by atoms with van der Waals surface area (Å²) in [5.74, 6) is 0.442. The molecule has 0 spiro atoms. The predicted molar refractivity (Wildman–Crippen MR) is 149 cm³/mol. The van der Waals surface area contributed by atoms with Crippen LogP contribution in [-0.2, 0) is 10.0 Å². The van der Waals surface area contributed by atoms with E-state index < -0.39 is 10.0 Å². The van der Waals surface area contributed by atoms with Gasteiger partial charge in [0.1, 0.15) is 11.3 Å². The summed E-state index contributed by atoms with van der Waals surface area (Å²) in [6.45, 7) is 3.78. The van der Waals surface area contributed by atoms with Gasteiger partial charge in [-0.1, -0.05) is 30.7 Å². The van der Waals surface area contributed by atoms with E-state index in [2.05, 4.69) is 4.90 Å². The van der Waals surface area contributed by atoms with E-state index in [0.717, 1.165) is 36.0 Å². The van der Waals surface area contributed by atoms with Gasteiger partial charge in [0.15, 0.2) is 5.13 Å². The third-order valence-electron chi connectivity index (χ3n) is 5.69. The molecule has 11 heteroatoms. The Morgan fingerprint density at radius 2 is 1.69 bits per heavy atom. The van der Waals surface area contributed by atoms with Crippen LogP contribution in [0.1, 0.15) is 36.5 Å². The number of nitrogens with zero attached hydrogens (tertiary/aromatic N) is 4. The van der Waals surface area contributed by atoms with Crippen LogP contribution in [0, 0.1) is 0 Å². The molecule has 3 aromatic rings. The summed E-state index contributed by atoms with van der Waals surface area (Å²) in [5.41, 5.74) is 1.13. The molecule has 0 aliphatic rings. The van der Waals surface area contributed by atoms with Crippen molar-refractivity contribution in [2.75, 3.05) is 52.8 Å². The molecule has 0 N–H and O–H groups in total. The smallest absolute Gasteiger partial charge is 0.260 e. The summed E-state index contributed by atoms with van der Waals surface area (Å²) in [4.78, 5) is 22.2. The Kier molecular flexibility index (Phi) is 11.1. The van der Waals surface area contributed by atoms with Crippen molar-refractivity contribution >= 4 is 55.0 Å². The average molecular weight is 555 g/mol.